The Balaban J connectivity index is 2.09. The zero-order chi connectivity index (χ0) is 23.8. The lowest BCUT2D eigenvalue weighted by Crippen LogP contribution is -2.57. The van der Waals surface area contributed by atoms with Crippen molar-refractivity contribution in [3.8, 4) is 0 Å². The van der Waals surface area contributed by atoms with Crippen molar-refractivity contribution in [2.45, 2.75) is 49.9 Å². The molecule has 13 nitrogen and oxygen atoms in total. The van der Waals surface area contributed by atoms with Gasteiger partial charge in [0, 0.05) is 30.6 Å². The van der Waals surface area contributed by atoms with Crippen LogP contribution >= 0.6 is 12.6 Å². The Hall–Kier alpha value is -3.13. The maximum atomic E-state index is 13.1. The van der Waals surface area contributed by atoms with Crippen LogP contribution in [0.15, 0.2) is 12.5 Å². The maximum absolute atomic E-state index is 13.1. The second kappa shape index (κ2) is 11.5. The zero-order valence-electron chi connectivity index (χ0n) is 17.2. The quantitative estimate of drug-likeness (QED) is 0.167. The van der Waals surface area contributed by atoms with Crippen LogP contribution in [0.5, 0.6) is 0 Å². The number of thiol groups is 1. The first-order valence-corrected chi connectivity index (χ1v) is 10.5. The number of primary amides is 1. The number of H-pyrrole nitrogens is 1. The third kappa shape index (κ3) is 6.68. The summed E-state index contributed by atoms with van der Waals surface area (Å²) in [5.41, 5.74) is 11.7. The van der Waals surface area contributed by atoms with Gasteiger partial charge in [0.2, 0.25) is 23.6 Å². The topological polar surface area (TPSA) is 214 Å². The second-order valence-corrected chi connectivity index (χ2v) is 7.76. The van der Waals surface area contributed by atoms with Crippen molar-refractivity contribution in [2.75, 3.05) is 12.3 Å². The summed E-state index contributed by atoms with van der Waals surface area (Å²) in [5, 5.41) is 13.9. The number of rotatable bonds is 11. The van der Waals surface area contributed by atoms with Gasteiger partial charge >= 0.3 is 5.97 Å². The number of amides is 4. The summed E-state index contributed by atoms with van der Waals surface area (Å²) in [6.45, 7) is 0.195. The number of carboxylic acid groups (broad SMARTS) is 1. The lowest BCUT2D eigenvalue weighted by molar-refractivity contribution is -0.145. The summed E-state index contributed by atoms with van der Waals surface area (Å²) in [7, 11) is 0. The van der Waals surface area contributed by atoms with Crippen LogP contribution in [-0.4, -0.2) is 86.0 Å². The number of likely N-dealkylation sites (tertiary alicyclic amines) is 1. The molecule has 1 aromatic rings. The highest BCUT2D eigenvalue weighted by Gasteiger charge is 2.39. The van der Waals surface area contributed by atoms with Crippen LogP contribution in [0, 0.1) is 0 Å². The van der Waals surface area contributed by atoms with E-state index in [1.807, 2.05) is 0 Å². The van der Waals surface area contributed by atoms with Crippen LogP contribution in [0.4, 0.5) is 0 Å². The molecule has 1 saturated heterocycles. The molecular formula is C18H27N7O6S. The average molecular weight is 470 g/mol. The van der Waals surface area contributed by atoms with Gasteiger partial charge in [-0.1, -0.05) is 0 Å². The van der Waals surface area contributed by atoms with E-state index in [1.165, 1.54) is 17.4 Å². The Bertz CT molecular complexity index is 849. The zero-order valence-corrected chi connectivity index (χ0v) is 18.1. The third-order valence-corrected chi connectivity index (χ3v) is 5.35. The first-order valence-electron chi connectivity index (χ1n) is 9.90. The Kier molecular flexibility index (Phi) is 9.02. The Morgan fingerprint density at radius 1 is 1.28 bits per heavy atom. The molecule has 176 valence electrons. The van der Waals surface area contributed by atoms with Crippen molar-refractivity contribution in [1.29, 1.82) is 0 Å². The molecule has 8 N–H and O–H groups in total. The van der Waals surface area contributed by atoms with Crippen molar-refractivity contribution in [2.24, 2.45) is 11.5 Å². The number of aliphatic carboxylic acids is 1. The first-order chi connectivity index (χ1) is 15.1. The van der Waals surface area contributed by atoms with E-state index in [1.54, 1.807) is 0 Å². The van der Waals surface area contributed by atoms with Gasteiger partial charge in [0.25, 0.3) is 0 Å². The Labute approximate surface area is 189 Å². The summed E-state index contributed by atoms with van der Waals surface area (Å²) in [6.07, 6.45) is 3.35. The van der Waals surface area contributed by atoms with Crippen LogP contribution in [0.3, 0.4) is 0 Å². The lowest BCUT2D eigenvalue weighted by atomic mass is 10.1. The van der Waals surface area contributed by atoms with Crippen molar-refractivity contribution < 1.29 is 29.1 Å². The molecule has 4 atom stereocenters. The number of hydrogen-bond donors (Lipinski definition) is 7. The minimum Gasteiger partial charge on any atom is -0.480 e. The van der Waals surface area contributed by atoms with Crippen molar-refractivity contribution in [3.63, 3.8) is 0 Å². The molecule has 1 aliphatic rings. The minimum atomic E-state index is -1.32. The molecule has 0 aliphatic carbocycles. The summed E-state index contributed by atoms with van der Waals surface area (Å²) in [4.78, 5) is 68.7. The molecule has 4 amide bonds. The lowest BCUT2D eigenvalue weighted by Gasteiger charge is -2.29. The summed E-state index contributed by atoms with van der Waals surface area (Å²) < 4.78 is 0. The van der Waals surface area contributed by atoms with Crippen molar-refractivity contribution in [1.82, 2.24) is 25.5 Å². The molecule has 32 heavy (non-hydrogen) atoms. The molecule has 0 spiro atoms. The Morgan fingerprint density at radius 2 is 2.00 bits per heavy atom. The number of aromatic amines is 1. The van der Waals surface area contributed by atoms with Gasteiger partial charge in [-0.3, -0.25) is 19.2 Å². The van der Waals surface area contributed by atoms with E-state index in [0.29, 0.717) is 18.5 Å². The highest BCUT2D eigenvalue weighted by atomic mass is 32.1. The highest BCUT2D eigenvalue weighted by Crippen LogP contribution is 2.19. The fourth-order valence-corrected chi connectivity index (χ4v) is 3.61. The summed E-state index contributed by atoms with van der Waals surface area (Å²) in [5.74, 6) is -4.23. The smallest absolute Gasteiger partial charge is 0.327 e. The van der Waals surface area contributed by atoms with E-state index < -0.39 is 60.2 Å². The number of imidazole rings is 1. The second-order valence-electron chi connectivity index (χ2n) is 7.39. The van der Waals surface area contributed by atoms with Gasteiger partial charge in [-0.25, -0.2) is 9.78 Å². The van der Waals surface area contributed by atoms with Gasteiger partial charge in [0.15, 0.2) is 0 Å². The number of nitrogens with zero attached hydrogens (tertiary/aromatic N) is 2. The molecule has 1 fully saturated rings. The summed E-state index contributed by atoms with van der Waals surface area (Å²) in [6, 6.07) is -4.51. The normalized spacial score (nSPS) is 18.4. The molecule has 2 heterocycles. The number of carbonyl (C=O) groups is 5. The van der Waals surface area contributed by atoms with Crippen LogP contribution in [0.2, 0.25) is 0 Å². The van der Waals surface area contributed by atoms with Gasteiger partial charge in [0.05, 0.1) is 18.8 Å². The van der Waals surface area contributed by atoms with E-state index in [9.17, 15) is 24.0 Å². The van der Waals surface area contributed by atoms with E-state index >= 15 is 0 Å². The monoisotopic (exact) mass is 469 g/mol. The predicted octanol–water partition coefficient (Wildman–Crippen LogP) is -2.87. The van der Waals surface area contributed by atoms with Crippen LogP contribution in [0.1, 0.15) is 25.0 Å². The van der Waals surface area contributed by atoms with E-state index in [2.05, 4.69) is 33.2 Å². The largest absolute Gasteiger partial charge is 0.480 e. The molecule has 14 heteroatoms. The molecular weight excluding hydrogens is 442 g/mol. The van der Waals surface area contributed by atoms with E-state index in [-0.39, 0.29) is 18.7 Å². The molecule has 0 saturated carbocycles. The van der Waals surface area contributed by atoms with Gasteiger partial charge in [0.1, 0.15) is 18.1 Å². The first kappa shape index (κ1) is 25.1. The number of aromatic nitrogens is 2. The minimum absolute atomic E-state index is 0.123. The van der Waals surface area contributed by atoms with Gasteiger partial charge < -0.3 is 37.1 Å². The Morgan fingerprint density at radius 3 is 2.56 bits per heavy atom. The number of hydrogen-bond acceptors (Lipinski definition) is 8. The maximum Gasteiger partial charge on any atom is 0.327 e. The number of nitrogens with one attached hydrogen (secondary N) is 3. The predicted molar refractivity (Wildman–Crippen MR) is 114 cm³/mol. The van der Waals surface area contributed by atoms with E-state index in [0.717, 1.165) is 0 Å². The average Bonchev–Trinajstić information content (AvgIpc) is 3.42. The van der Waals surface area contributed by atoms with Crippen molar-refractivity contribution >= 4 is 42.2 Å². The van der Waals surface area contributed by atoms with Crippen LogP contribution in [0.25, 0.3) is 0 Å². The third-order valence-electron chi connectivity index (χ3n) is 4.99. The summed E-state index contributed by atoms with van der Waals surface area (Å²) >= 11 is 3.90. The fraction of sp³-hybridized carbons (Fsp3) is 0.556. The number of carbonyl (C=O) groups excluding carboxylic acids is 4. The van der Waals surface area contributed by atoms with Gasteiger partial charge in [-0.15, -0.1) is 0 Å². The van der Waals surface area contributed by atoms with Crippen LogP contribution in [-0.2, 0) is 30.4 Å². The molecule has 0 bridgehead atoms. The SMILES string of the molecule is NC(=O)CC(NC(=O)C(N)Cc1cnc[nH]1)C(=O)N1CCCC1C(=O)NC(CS)C(=O)O. The molecule has 1 aromatic heterocycles. The van der Waals surface area contributed by atoms with E-state index in [4.69, 9.17) is 16.6 Å². The highest BCUT2D eigenvalue weighted by molar-refractivity contribution is 7.80. The standard InChI is InChI=1S/C18H27N7O6S/c19-10(4-9-6-21-8-22-9)15(27)23-11(5-14(20)26)17(29)25-3-1-2-13(25)16(28)24-12(7-32)18(30)31/h6,8,10-13,32H,1-5,7,19H2,(H2,20,26)(H,21,22)(H,23,27)(H,24,28)(H,30,31). The van der Waals surface area contributed by atoms with Crippen LogP contribution < -0.4 is 22.1 Å². The molecule has 0 radical (unpaired) electrons. The van der Waals surface area contributed by atoms with Gasteiger partial charge in [-0.05, 0) is 12.8 Å². The van der Waals surface area contributed by atoms with Gasteiger partial charge in [-0.2, -0.15) is 12.6 Å². The number of carboxylic acids is 1. The molecule has 1 aliphatic heterocycles. The molecule has 4 unspecified atom stereocenters. The van der Waals surface area contributed by atoms with Crippen molar-refractivity contribution in [3.05, 3.63) is 18.2 Å². The molecule has 0 aromatic carbocycles. The number of nitrogens with two attached hydrogens (primary N) is 2. The molecule has 2 rings (SSSR count). The fourth-order valence-electron chi connectivity index (χ4n) is 3.36.